The summed E-state index contributed by atoms with van der Waals surface area (Å²) in [4.78, 5) is 12.8. The van der Waals surface area contributed by atoms with Gasteiger partial charge in [0.2, 0.25) is 0 Å². The fourth-order valence-electron chi connectivity index (χ4n) is 0.803. The Morgan fingerprint density at radius 3 is 2.06 bits per heavy atom. The number of hydrogen-bond donors (Lipinski definition) is 1. The Bertz CT molecular complexity index is 377. The predicted molar refractivity (Wildman–Crippen MR) is 68.9 cm³/mol. The number of carbonyl (C=O) groups excluding carboxylic acids is 1. The van der Waals surface area contributed by atoms with Gasteiger partial charge in [0.1, 0.15) is 5.71 Å². The third-order valence-corrected chi connectivity index (χ3v) is 3.55. The van der Waals surface area contributed by atoms with E-state index in [9.17, 15) is 13.2 Å². The highest BCUT2D eigenvalue weighted by Gasteiger charge is 2.20. The number of rotatable bonds is 8. The number of alkyl halides is 2. The zero-order valence-corrected chi connectivity index (χ0v) is 11.9. The van der Waals surface area contributed by atoms with Crippen LogP contribution in [0.1, 0.15) is 13.8 Å². The molecular weight excluding hydrogens is 289 g/mol. The summed E-state index contributed by atoms with van der Waals surface area (Å²) in [5, 5.41) is 3.48. The average Bonchev–Trinajstić information content (AvgIpc) is 2.25. The van der Waals surface area contributed by atoms with Crippen molar-refractivity contribution in [1.82, 2.24) is 9.14 Å². The first-order valence-corrected chi connectivity index (χ1v) is 7.30. The van der Waals surface area contributed by atoms with Crippen LogP contribution >= 0.6 is 23.2 Å². The third kappa shape index (κ3) is 6.21. The van der Waals surface area contributed by atoms with Gasteiger partial charge in [0.15, 0.2) is 5.78 Å². The van der Waals surface area contributed by atoms with Crippen LogP contribution in [0.5, 0.6) is 0 Å². The van der Waals surface area contributed by atoms with E-state index in [0.29, 0.717) is 0 Å². The van der Waals surface area contributed by atoms with Gasteiger partial charge in [0.25, 0.3) is 0 Å². The lowest BCUT2D eigenvalue weighted by atomic mass is 10.3. The van der Waals surface area contributed by atoms with Crippen molar-refractivity contribution < 1.29 is 13.2 Å². The summed E-state index contributed by atoms with van der Waals surface area (Å²) >= 11 is 11.0. The molecule has 0 unspecified atom stereocenters. The molecule has 17 heavy (non-hydrogen) atoms. The zero-order valence-electron chi connectivity index (χ0n) is 9.61. The van der Waals surface area contributed by atoms with Gasteiger partial charge in [-0.3, -0.25) is 4.79 Å². The normalized spacial score (nSPS) is 12.9. The van der Waals surface area contributed by atoms with Crippen molar-refractivity contribution in [1.29, 1.82) is 0 Å². The monoisotopic (exact) mass is 303 g/mol. The number of halogens is 2. The number of hydrogen-bond acceptors (Lipinski definition) is 4. The Morgan fingerprint density at radius 2 is 1.71 bits per heavy atom. The Hall–Kier alpha value is -0.370. The maximum atomic E-state index is 11.7. The third-order valence-electron chi connectivity index (χ3n) is 1.85. The fraction of sp³-hybridized carbons (Fsp3) is 0.750. The molecular formula is C8H15Cl2N3O3S. The van der Waals surface area contributed by atoms with Crippen LogP contribution in [0, 0.1) is 0 Å². The highest BCUT2D eigenvalue weighted by Crippen LogP contribution is 2.00. The molecule has 0 heterocycles. The maximum Gasteiger partial charge on any atom is 0.316 e. The minimum atomic E-state index is -3.80. The Labute approximate surface area is 111 Å². The van der Waals surface area contributed by atoms with Gasteiger partial charge >= 0.3 is 10.2 Å². The minimum Gasteiger partial charge on any atom is -0.293 e. The molecule has 0 spiro atoms. The molecule has 0 fully saturated rings. The lowest BCUT2D eigenvalue weighted by molar-refractivity contribution is -0.111. The first-order chi connectivity index (χ1) is 7.85. The van der Waals surface area contributed by atoms with Crippen molar-refractivity contribution in [3.63, 3.8) is 0 Å². The molecule has 0 aliphatic rings. The van der Waals surface area contributed by atoms with Crippen molar-refractivity contribution in [2.24, 2.45) is 5.10 Å². The molecule has 0 atom stereocenters. The molecule has 0 aromatic carbocycles. The second-order valence-electron chi connectivity index (χ2n) is 3.13. The van der Waals surface area contributed by atoms with Crippen molar-refractivity contribution in [3.05, 3.63) is 0 Å². The van der Waals surface area contributed by atoms with Crippen molar-refractivity contribution in [2.45, 2.75) is 13.8 Å². The number of nitrogens with zero attached hydrogens (tertiary/aromatic N) is 2. The van der Waals surface area contributed by atoms with E-state index in [1.165, 1.54) is 13.8 Å². The van der Waals surface area contributed by atoms with Crippen molar-refractivity contribution >= 4 is 44.9 Å². The summed E-state index contributed by atoms with van der Waals surface area (Å²) < 4.78 is 24.5. The molecule has 0 aromatic heterocycles. The summed E-state index contributed by atoms with van der Waals surface area (Å²) in [6.45, 7) is 2.96. The van der Waals surface area contributed by atoms with Crippen molar-refractivity contribution in [3.8, 4) is 0 Å². The summed E-state index contributed by atoms with van der Waals surface area (Å²) in [6.07, 6.45) is 0. The van der Waals surface area contributed by atoms with E-state index in [4.69, 9.17) is 23.2 Å². The predicted octanol–water partition coefficient (Wildman–Crippen LogP) is 0.565. The van der Waals surface area contributed by atoms with E-state index in [1.807, 2.05) is 4.83 Å². The molecule has 0 aliphatic heterocycles. The molecule has 1 N–H and O–H groups in total. The molecule has 0 aromatic rings. The topological polar surface area (TPSA) is 78.8 Å². The molecule has 0 bridgehead atoms. The largest absolute Gasteiger partial charge is 0.316 e. The Balaban J connectivity index is 4.74. The second-order valence-corrected chi connectivity index (χ2v) is 5.53. The van der Waals surface area contributed by atoms with Crippen LogP contribution in [0.3, 0.4) is 0 Å². The molecule has 0 rings (SSSR count). The molecule has 0 saturated carbocycles. The van der Waals surface area contributed by atoms with Gasteiger partial charge in [-0.1, -0.05) is 0 Å². The van der Waals surface area contributed by atoms with Crippen LogP contribution in [0.4, 0.5) is 0 Å². The van der Waals surface area contributed by atoms with E-state index < -0.39 is 10.2 Å². The Morgan fingerprint density at radius 1 is 1.24 bits per heavy atom. The molecule has 0 radical (unpaired) electrons. The highest BCUT2D eigenvalue weighted by molar-refractivity contribution is 7.87. The Kier molecular flexibility index (Phi) is 7.69. The summed E-state index contributed by atoms with van der Waals surface area (Å²) in [7, 11) is -3.80. The van der Waals surface area contributed by atoms with E-state index in [2.05, 4.69) is 5.10 Å². The smallest absolute Gasteiger partial charge is 0.293 e. The van der Waals surface area contributed by atoms with Gasteiger partial charge in [-0.2, -0.15) is 22.7 Å². The first-order valence-electron chi connectivity index (χ1n) is 4.79. The highest BCUT2D eigenvalue weighted by atomic mass is 35.5. The van der Waals surface area contributed by atoms with Gasteiger partial charge < -0.3 is 0 Å². The van der Waals surface area contributed by atoms with Crippen LogP contribution in [0.15, 0.2) is 5.10 Å². The minimum absolute atomic E-state index is 0.0743. The van der Waals surface area contributed by atoms with E-state index >= 15 is 0 Å². The summed E-state index contributed by atoms with van der Waals surface area (Å²) in [5.74, 6) is -0.0191. The molecule has 9 heteroatoms. The average molecular weight is 304 g/mol. The molecule has 100 valence electrons. The summed E-state index contributed by atoms with van der Waals surface area (Å²) in [6, 6.07) is 0. The molecule has 0 saturated heterocycles. The van der Waals surface area contributed by atoms with Gasteiger partial charge in [-0.15, -0.1) is 23.2 Å². The van der Waals surface area contributed by atoms with E-state index in [-0.39, 0.29) is 36.3 Å². The van der Waals surface area contributed by atoms with Gasteiger partial charge in [-0.05, 0) is 6.92 Å². The lowest BCUT2D eigenvalue weighted by Crippen LogP contribution is -2.41. The number of Topliss-reactive ketones (excluding diaryl/α,β-unsaturated/α-hetero) is 1. The molecule has 0 aliphatic carbocycles. The number of hydrazone groups is 1. The van der Waals surface area contributed by atoms with Crippen LogP contribution in [0.2, 0.25) is 0 Å². The summed E-state index contributed by atoms with van der Waals surface area (Å²) in [5.41, 5.74) is 0.0743. The number of ketones is 1. The fourth-order valence-corrected chi connectivity index (χ4v) is 2.44. The van der Waals surface area contributed by atoms with E-state index in [1.54, 1.807) is 0 Å². The number of carbonyl (C=O) groups is 1. The SMILES string of the molecule is CC(=O)C(C)=NNS(=O)(=O)N(CCCl)CCCl. The molecule has 0 amide bonds. The number of nitrogens with one attached hydrogen (secondary N) is 1. The van der Waals surface area contributed by atoms with Gasteiger partial charge in [0, 0.05) is 31.8 Å². The standard InChI is InChI=1S/C8H15Cl2N3O3S/c1-7(8(2)14)11-12-17(15,16)13(5-3-9)6-4-10/h12H,3-6H2,1-2H3. The zero-order chi connectivity index (χ0) is 13.5. The lowest BCUT2D eigenvalue weighted by Gasteiger charge is -2.18. The maximum absolute atomic E-state index is 11.7. The van der Waals surface area contributed by atoms with E-state index in [0.717, 1.165) is 4.31 Å². The second kappa shape index (κ2) is 7.86. The van der Waals surface area contributed by atoms with Crippen LogP contribution < -0.4 is 4.83 Å². The quantitative estimate of drug-likeness (QED) is 0.404. The van der Waals surface area contributed by atoms with Crippen molar-refractivity contribution in [2.75, 3.05) is 24.8 Å². The van der Waals surface area contributed by atoms with Crippen LogP contribution in [0.25, 0.3) is 0 Å². The van der Waals surface area contributed by atoms with Crippen LogP contribution in [-0.2, 0) is 15.0 Å². The van der Waals surface area contributed by atoms with Crippen LogP contribution in [-0.4, -0.2) is 49.1 Å². The molecule has 6 nitrogen and oxygen atoms in total. The van der Waals surface area contributed by atoms with Gasteiger partial charge in [0.05, 0.1) is 0 Å². The van der Waals surface area contributed by atoms with Gasteiger partial charge in [-0.25, -0.2) is 0 Å². The first kappa shape index (κ1) is 16.6.